The third kappa shape index (κ3) is 2.27. The molecule has 1 aliphatic carbocycles. The van der Waals surface area contributed by atoms with Gasteiger partial charge in [0.05, 0.1) is 11.4 Å². The summed E-state index contributed by atoms with van der Waals surface area (Å²) in [7, 11) is 0. The third-order valence-corrected chi connectivity index (χ3v) is 4.21. The molecule has 0 aliphatic heterocycles. The van der Waals surface area contributed by atoms with E-state index in [0.717, 1.165) is 4.34 Å². The summed E-state index contributed by atoms with van der Waals surface area (Å²) >= 11 is 2.93. The normalized spacial score (nSPS) is 15.8. The van der Waals surface area contributed by atoms with E-state index in [2.05, 4.69) is 11.9 Å². The largest absolute Gasteiger partial charge is 0.481 e. The number of hydrogen-bond acceptors (Lipinski definition) is 4. The molecule has 0 aromatic carbocycles. The minimum Gasteiger partial charge on any atom is -0.481 e. The van der Waals surface area contributed by atoms with Crippen molar-refractivity contribution in [2.75, 3.05) is 5.75 Å². The highest BCUT2D eigenvalue weighted by Crippen LogP contribution is 2.43. The van der Waals surface area contributed by atoms with Crippen LogP contribution in [0.3, 0.4) is 0 Å². The summed E-state index contributed by atoms with van der Waals surface area (Å²) < 4.78 is 0.895. The molecule has 5 heteroatoms. The predicted molar refractivity (Wildman–Crippen MR) is 57.2 cm³/mol. The van der Waals surface area contributed by atoms with E-state index in [0.29, 0.717) is 5.92 Å². The minimum absolute atomic E-state index is 0.108. The molecule has 1 aromatic rings. The fraction of sp³-hybridized carbons (Fsp3) is 0.556. The van der Waals surface area contributed by atoms with Gasteiger partial charge in [0.25, 0.3) is 0 Å². The van der Waals surface area contributed by atoms with Gasteiger partial charge in [-0.2, -0.15) is 0 Å². The van der Waals surface area contributed by atoms with Gasteiger partial charge < -0.3 is 5.11 Å². The predicted octanol–water partition coefficient (Wildman–Crippen LogP) is 2.51. The molecule has 0 atom stereocenters. The van der Waals surface area contributed by atoms with Gasteiger partial charge in [0.15, 0.2) is 4.34 Å². The Morgan fingerprint density at radius 1 is 1.71 bits per heavy atom. The molecule has 1 saturated carbocycles. The monoisotopic (exact) mass is 229 g/mol. The van der Waals surface area contributed by atoms with Crippen molar-refractivity contribution >= 4 is 29.1 Å². The van der Waals surface area contributed by atoms with E-state index in [-0.39, 0.29) is 5.75 Å². The van der Waals surface area contributed by atoms with Crippen molar-refractivity contribution in [2.24, 2.45) is 0 Å². The molecule has 1 heterocycles. The van der Waals surface area contributed by atoms with E-state index in [1.54, 1.807) is 11.3 Å². The zero-order valence-electron chi connectivity index (χ0n) is 7.82. The second-order valence-electron chi connectivity index (χ2n) is 3.38. The molecule has 2 rings (SSSR count). The first-order valence-electron chi connectivity index (χ1n) is 4.48. The second-order valence-corrected chi connectivity index (χ2v) is 5.80. The number of carbonyl (C=O) groups is 1. The number of carboxylic acid groups (broad SMARTS) is 1. The Hall–Kier alpha value is -0.550. The lowest BCUT2D eigenvalue weighted by atomic mass is 10.3. The Kier molecular flexibility index (Phi) is 2.78. The Balaban J connectivity index is 2.04. The number of thioether (sulfide) groups is 1. The molecule has 14 heavy (non-hydrogen) atoms. The fourth-order valence-electron chi connectivity index (χ4n) is 1.30. The molecule has 1 fully saturated rings. The lowest BCUT2D eigenvalue weighted by Gasteiger charge is -1.90. The smallest absolute Gasteiger partial charge is 0.313 e. The van der Waals surface area contributed by atoms with Crippen molar-refractivity contribution < 1.29 is 9.90 Å². The van der Waals surface area contributed by atoms with Gasteiger partial charge in [-0.25, -0.2) is 4.98 Å². The Labute approximate surface area is 90.6 Å². The zero-order valence-corrected chi connectivity index (χ0v) is 9.45. The number of hydrogen-bond donors (Lipinski definition) is 1. The van der Waals surface area contributed by atoms with Crippen LogP contribution in [-0.4, -0.2) is 21.8 Å². The van der Waals surface area contributed by atoms with Gasteiger partial charge in [-0.1, -0.05) is 11.8 Å². The Bertz CT molecular complexity index is 358. The van der Waals surface area contributed by atoms with Crippen molar-refractivity contribution in [3.8, 4) is 0 Å². The number of rotatable bonds is 4. The highest BCUT2D eigenvalue weighted by Gasteiger charge is 2.28. The molecule has 0 unspecified atom stereocenters. The van der Waals surface area contributed by atoms with E-state index >= 15 is 0 Å². The first-order chi connectivity index (χ1) is 6.66. The average Bonchev–Trinajstić information content (AvgIpc) is 2.88. The number of nitrogens with zero attached hydrogens (tertiary/aromatic N) is 1. The average molecular weight is 229 g/mol. The summed E-state index contributed by atoms with van der Waals surface area (Å²) in [5.41, 5.74) is 1.20. The molecular weight excluding hydrogens is 218 g/mol. The summed E-state index contributed by atoms with van der Waals surface area (Å²) in [4.78, 5) is 16.1. The van der Waals surface area contributed by atoms with Crippen LogP contribution in [0.4, 0.5) is 0 Å². The first-order valence-corrected chi connectivity index (χ1v) is 6.29. The van der Waals surface area contributed by atoms with Crippen LogP contribution >= 0.6 is 23.1 Å². The molecule has 76 valence electrons. The van der Waals surface area contributed by atoms with Crippen LogP contribution < -0.4 is 0 Å². The summed E-state index contributed by atoms with van der Waals surface area (Å²) in [6, 6.07) is 0. The van der Waals surface area contributed by atoms with Crippen molar-refractivity contribution in [3.63, 3.8) is 0 Å². The maximum Gasteiger partial charge on any atom is 0.313 e. The number of thiazole rings is 1. The van der Waals surface area contributed by atoms with Gasteiger partial charge in [0.1, 0.15) is 0 Å². The van der Waals surface area contributed by atoms with E-state index in [1.807, 2.05) is 0 Å². The van der Waals surface area contributed by atoms with E-state index in [1.165, 1.54) is 35.2 Å². The molecule has 0 amide bonds. The number of aromatic nitrogens is 1. The summed E-state index contributed by atoms with van der Waals surface area (Å²) in [5.74, 6) is -0.0156. The minimum atomic E-state index is -0.782. The van der Waals surface area contributed by atoms with Crippen LogP contribution in [0.25, 0.3) is 0 Å². The zero-order chi connectivity index (χ0) is 10.1. The van der Waals surface area contributed by atoms with Gasteiger partial charge in [-0.05, 0) is 19.8 Å². The number of aliphatic carboxylic acids is 1. The molecule has 0 bridgehead atoms. The van der Waals surface area contributed by atoms with Gasteiger partial charge in [0, 0.05) is 10.8 Å². The van der Waals surface area contributed by atoms with Crippen LogP contribution in [0, 0.1) is 6.92 Å². The Morgan fingerprint density at radius 2 is 2.43 bits per heavy atom. The number of carboxylic acids is 1. The lowest BCUT2D eigenvalue weighted by molar-refractivity contribution is -0.133. The Morgan fingerprint density at radius 3 is 3.00 bits per heavy atom. The molecule has 3 nitrogen and oxygen atoms in total. The topological polar surface area (TPSA) is 50.2 Å². The van der Waals surface area contributed by atoms with Crippen molar-refractivity contribution in [1.29, 1.82) is 0 Å². The van der Waals surface area contributed by atoms with Crippen LogP contribution in [0.15, 0.2) is 4.34 Å². The fourth-order valence-corrected chi connectivity index (χ4v) is 3.22. The molecule has 1 aliphatic rings. The van der Waals surface area contributed by atoms with Crippen LogP contribution in [0.1, 0.15) is 29.3 Å². The van der Waals surface area contributed by atoms with E-state index < -0.39 is 5.97 Å². The molecule has 1 aromatic heterocycles. The van der Waals surface area contributed by atoms with E-state index in [4.69, 9.17) is 5.11 Å². The summed E-state index contributed by atoms with van der Waals surface area (Å²) in [6.07, 6.45) is 2.49. The molecule has 0 spiro atoms. The molecule has 0 radical (unpaired) electrons. The second kappa shape index (κ2) is 3.90. The number of aryl methyl sites for hydroxylation is 1. The maximum absolute atomic E-state index is 10.4. The van der Waals surface area contributed by atoms with Crippen molar-refractivity contribution in [1.82, 2.24) is 4.98 Å². The summed E-state index contributed by atoms with van der Waals surface area (Å²) in [6.45, 7) is 2.07. The first kappa shape index (κ1) is 9.98. The maximum atomic E-state index is 10.4. The van der Waals surface area contributed by atoms with Crippen LogP contribution in [-0.2, 0) is 4.79 Å². The third-order valence-electron chi connectivity index (χ3n) is 2.10. The van der Waals surface area contributed by atoms with Gasteiger partial charge in [-0.3, -0.25) is 4.79 Å². The SMILES string of the molecule is Cc1sc(SCC(=O)O)nc1C1CC1. The standard InChI is InChI=1S/C9H11NO2S2/c1-5-8(6-2-3-6)10-9(14-5)13-4-7(11)12/h6H,2-4H2,1H3,(H,11,12). The van der Waals surface area contributed by atoms with Crippen molar-refractivity contribution in [2.45, 2.75) is 30.0 Å². The molecular formula is C9H11NO2S2. The van der Waals surface area contributed by atoms with Gasteiger partial charge in [0.2, 0.25) is 0 Å². The van der Waals surface area contributed by atoms with Crippen molar-refractivity contribution in [3.05, 3.63) is 10.6 Å². The van der Waals surface area contributed by atoms with Gasteiger partial charge in [-0.15, -0.1) is 11.3 Å². The molecule has 1 N–H and O–H groups in total. The van der Waals surface area contributed by atoms with Crippen LogP contribution in [0.2, 0.25) is 0 Å². The highest BCUT2D eigenvalue weighted by atomic mass is 32.2. The van der Waals surface area contributed by atoms with E-state index in [9.17, 15) is 4.79 Å². The highest BCUT2D eigenvalue weighted by molar-refractivity contribution is 8.01. The lowest BCUT2D eigenvalue weighted by Crippen LogP contribution is -1.97. The summed E-state index contributed by atoms with van der Waals surface area (Å²) in [5, 5.41) is 8.53. The van der Waals surface area contributed by atoms with Gasteiger partial charge >= 0.3 is 5.97 Å². The van der Waals surface area contributed by atoms with Crippen LogP contribution in [0.5, 0.6) is 0 Å². The molecule has 0 saturated heterocycles. The quantitative estimate of drug-likeness (QED) is 0.806.